The van der Waals surface area contributed by atoms with Crippen LogP contribution in [-0.2, 0) is 19.9 Å². The van der Waals surface area contributed by atoms with Gasteiger partial charge in [-0.05, 0) is 12.0 Å². The molecule has 0 aliphatic carbocycles. The molecule has 0 fully saturated rings. The van der Waals surface area contributed by atoms with E-state index in [1.165, 1.54) is 5.56 Å². The molecule has 1 aromatic heterocycles. The molecule has 0 atom stereocenters. The number of nitrogens with zero attached hydrogens (tertiary/aromatic N) is 3. The fourth-order valence-electron chi connectivity index (χ4n) is 2.13. The van der Waals surface area contributed by atoms with Crippen molar-refractivity contribution in [2.75, 3.05) is 10.7 Å². The van der Waals surface area contributed by atoms with E-state index in [4.69, 9.17) is 0 Å². The van der Waals surface area contributed by atoms with Crippen LogP contribution in [0.1, 0.15) is 11.4 Å². The third-order valence-corrected chi connectivity index (χ3v) is 5.71. The first-order valence-electron chi connectivity index (χ1n) is 6.18. The van der Waals surface area contributed by atoms with Crippen molar-refractivity contribution >= 4 is 31.9 Å². The van der Waals surface area contributed by atoms with E-state index in [1.54, 1.807) is 6.33 Å². The predicted molar refractivity (Wildman–Crippen MR) is 84.9 cm³/mol. The molecule has 102 valence electrons. The van der Waals surface area contributed by atoms with Crippen molar-refractivity contribution in [2.45, 2.75) is 12.8 Å². The first-order chi connectivity index (χ1) is 9.19. The summed E-state index contributed by atoms with van der Waals surface area (Å²) >= 11 is 7.35. The van der Waals surface area contributed by atoms with Crippen LogP contribution in [0.5, 0.6) is 0 Å². The first-order valence-corrected chi connectivity index (χ1v) is 8.42. The molecule has 0 unspecified atom stereocenters. The average Bonchev–Trinajstić information content (AvgIpc) is 2.84. The molecule has 0 saturated heterocycles. The van der Waals surface area contributed by atoms with E-state index in [2.05, 4.69) is 72.3 Å². The predicted octanol–water partition coefficient (Wildman–Crippen LogP) is 3.38. The van der Waals surface area contributed by atoms with Crippen LogP contribution in [0.15, 0.2) is 36.7 Å². The molecule has 1 aromatic carbocycles. The van der Waals surface area contributed by atoms with Gasteiger partial charge >= 0.3 is 0 Å². The fourth-order valence-corrected chi connectivity index (χ4v) is 3.85. The summed E-state index contributed by atoms with van der Waals surface area (Å²) in [6, 6.07) is 10.6. The molecule has 0 bridgehead atoms. The number of halogens is 2. The Kier molecular flexibility index (Phi) is 5.16. The Morgan fingerprint density at radius 1 is 1.11 bits per heavy atom. The Morgan fingerprint density at radius 2 is 1.79 bits per heavy atom. The quantitative estimate of drug-likeness (QED) is 0.712. The summed E-state index contributed by atoms with van der Waals surface area (Å²) in [7, 11) is 1.94. The van der Waals surface area contributed by atoms with Crippen LogP contribution in [-0.4, -0.2) is 25.4 Å². The molecule has 0 aliphatic heterocycles. The lowest BCUT2D eigenvalue weighted by Crippen LogP contribution is -2.31. The van der Waals surface area contributed by atoms with Gasteiger partial charge in [-0.25, -0.2) is 4.98 Å². The van der Waals surface area contributed by atoms with Crippen LogP contribution in [0.3, 0.4) is 0 Å². The van der Waals surface area contributed by atoms with Gasteiger partial charge in [0.2, 0.25) is 0 Å². The van der Waals surface area contributed by atoms with Crippen LogP contribution in [0.25, 0.3) is 0 Å². The summed E-state index contributed by atoms with van der Waals surface area (Å²) in [5, 5.41) is 6.00. The van der Waals surface area contributed by atoms with Crippen molar-refractivity contribution in [1.82, 2.24) is 14.8 Å². The number of hydrogen-bond acceptors (Lipinski definition) is 2. The molecule has 0 saturated carbocycles. The van der Waals surface area contributed by atoms with Crippen LogP contribution < -0.4 is 0 Å². The maximum atomic E-state index is 4.35. The summed E-state index contributed by atoms with van der Waals surface area (Å²) in [4.78, 5) is 4.35. The topological polar surface area (TPSA) is 30.7 Å². The van der Waals surface area contributed by atoms with Crippen LogP contribution >= 0.6 is 31.9 Å². The lowest BCUT2D eigenvalue weighted by atomic mass is 9.82. The lowest BCUT2D eigenvalue weighted by Gasteiger charge is -2.29. The number of benzene rings is 1. The first kappa shape index (κ1) is 14.7. The van der Waals surface area contributed by atoms with Gasteiger partial charge in [-0.2, -0.15) is 5.10 Å². The van der Waals surface area contributed by atoms with Gasteiger partial charge in [-0.1, -0.05) is 62.2 Å². The maximum absolute atomic E-state index is 4.35. The smallest absolute Gasteiger partial charge is 0.138 e. The second kappa shape index (κ2) is 6.66. The molecule has 0 N–H and O–H groups in total. The molecular formula is C14H17Br2N3. The number of aromatic nitrogens is 3. The largest absolute Gasteiger partial charge is 0.253 e. The zero-order chi connectivity index (χ0) is 13.7. The minimum Gasteiger partial charge on any atom is -0.253 e. The molecule has 5 heteroatoms. The van der Waals surface area contributed by atoms with Gasteiger partial charge in [-0.15, -0.1) is 0 Å². The monoisotopic (exact) mass is 385 g/mol. The Bertz CT molecular complexity index is 506. The van der Waals surface area contributed by atoms with E-state index in [0.717, 1.165) is 29.3 Å². The highest BCUT2D eigenvalue weighted by Gasteiger charge is 2.30. The summed E-state index contributed by atoms with van der Waals surface area (Å²) in [5.41, 5.74) is 1.46. The van der Waals surface area contributed by atoms with Crippen molar-refractivity contribution < 1.29 is 0 Å². The van der Waals surface area contributed by atoms with E-state index in [9.17, 15) is 0 Å². The van der Waals surface area contributed by atoms with Gasteiger partial charge < -0.3 is 0 Å². The Morgan fingerprint density at radius 3 is 2.32 bits per heavy atom. The summed E-state index contributed by atoms with van der Waals surface area (Å²) in [5.74, 6) is 1.02. The summed E-state index contributed by atoms with van der Waals surface area (Å²) < 4.78 is 1.85. The van der Waals surface area contributed by atoms with Crippen LogP contribution in [0.2, 0.25) is 0 Å². The third-order valence-electron chi connectivity index (χ3n) is 3.33. The zero-order valence-corrected chi connectivity index (χ0v) is 14.1. The standard InChI is InChI=1S/C14H17Br2N3/c1-19-13(17-11-18-19)8-14(9-15,10-16)7-12-5-3-2-4-6-12/h2-6,11H,7-10H2,1H3. The lowest BCUT2D eigenvalue weighted by molar-refractivity contribution is 0.370. The Labute approximate surface area is 130 Å². The SMILES string of the molecule is Cn1ncnc1CC(CBr)(CBr)Cc1ccccc1. The number of hydrogen-bond donors (Lipinski definition) is 0. The normalized spacial score (nSPS) is 11.7. The van der Waals surface area contributed by atoms with Gasteiger partial charge in [0.15, 0.2) is 0 Å². The van der Waals surface area contributed by atoms with E-state index in [0.29, 0.717) is 0 Å². The highest BCUT2D eigenvalue weighted by Crippen LogP contribution is 2.31. The third kappa shape index (κ3) is 3.66. The molecular weight excluding hydrogens is 370 g/mol. The number of rotatable bonds is 6. The van der Waals surface area contributed by atoms with E-state index >= 15 is 0 Å². The van der Waals surface area contributed by atoms with Gasteiger partial charge in [0, 0.05) is 29.5 Å². The van der Waals surface area contributed by atoms with Crippen molar-refractivity contribution in [3.05, 3.63) is 48.0 Å². The van der Waals surface area contributed by atoms with E-state index in [-0.39, 0.29) is 5.41 Å². The zero-order valence-electron chi connectivity index (χ0n) is 10.9. The summed E-state index contributed by atoms with van der Waals surface area (Å²) in [6.07, 6.45) is 3.52. The minimum absolute atomic E-state index is 0.113. The van der Waals surface area contributed by atoms with Gasteiger partial charge in [0.25, 0.3) is 0 Å². The highest BCUT2D eigenvalue weighted by atomic mass is 79.9. The molecule has 2 aromatic rings. The fraction of sp³-hybridized carbons (Fsp3) is 0.429. The van der Waals surface area contributed by atoms with Gasteiger partial charge in [0.05, 0.1) is 0 Å². The van der Waals surface area contributed by atoms with Gasteiger partial charge in [0.1, 0.15) is 12.2 Å². The second-order valence-electron chi connectivity index (χ2n) is 4.91. The Hall–Kier alpha value is -0.680. The van der Waals surface area contributed by atoms with E-state index < -0.39 is 0 Å². The van der Waals surface area contributed by atoms with Crippen molar-refractivity contribution in [3.63, 3.8) is 0 Å². The molecule has 2 rings (SSSR count). The molecule has 0 radical (unpaired) electrons. The van der Waals surface area contributed by atoms with Crippen molar-refractivity contribution in [3.8, 4) is 0 Å². The highest BCUT2D eigenvalue weighted by molar-refractivity contribution is 9.09. The number of alkyl halides is 2. The molecule has 1 heterocycles. The minimum atomic E-state index is 0.113. The van der Waals surface area contributed by atoms with Crippen LogP contribution in [0, 0.1) is 5.41 Å². The van der Waals surface area contributed by atoms with Crippen molar-refractivity contribution in [2.24, 2.45) is 12.5 Å². The molecule has 0 spiro atoms. The Balaban J connectivity index is 2.20. The van der Waals surface area contributed by atoms with Crippen molar-refractivity contribution in [1.29, 1.82) is 0 Å². The molecule has 19 heavy (non-hydrogen) atoms. The maximum Gasteiger partial charge on any atom is 0.138 e. The molecule has 3 nitrogen and oxygen atoms in total. The molecule has 0 amide bonds. The number of aryl methyl sites for hydroxylation is 1. The van der Waals surface area contributed by atoms with Gasteiger partial charge in [-0.3, -0.25) is 4.68 Å². The second-order valence-corrected chi connectivity index (χ2v) is 6.03. The average molecular weight is 387 g/mol. The van der Waals surface area contributed by atoms with E-state index in [1.807, 2.05) is 11.7 Å². The summed E-state index contributed by atoms with van der Waals surface area (Å²) in [6.45, 7) is 0. The van der Waals surface area contributed by atoms with Crippen LogP contribution in [0.4, 0.5) is 0 Å². The molecule has 0 aliphatic rings.